The Morgan fingerprint density at radius 3 is 2.62 bits per heavy atom. The van der Waals surface area contributed by atoms with Crippen molar-refractivity contribution in [3.8, 4) is 11.5 Å². The van der Waals surface area contributed by atoms with E-state index < -0.39 is 22.0 Å². The molecule has 156 valence electrons. The third-order valence-electron chi connectivity index (χ3n) is 4.54. The van der Waals surface area contributed by atoms with Crippen LogP contribution in [0.5, 0.6) is 11.5 Å². The van der Waals surface area contributed by atoms with Gasteiger partial charge < -0.3 is 19.9 Å². The molecule has 9 heteroatoms. The second-order valence-electron chi connectivity index (χ2n) is 6.89. The van der Waals surface area contributed by atoms with Crippen molar-refractivity contribution in [3.63, 3.8) is 0 Å². The number of nitrogens with one attached hydrogen (secondary N) is 2. The van der Waals surface area contributed by atoms with E-state index >= 15 is 0 Å². The average Bonchev–Trinajstić information content (AvgIpc) is 3.52. The van der Waals surface area contributed by atoms with Crippen molar-refractivity contribution in [2.45, 2.75) is 30.8 Å². The molecular weight excluding hydrogens is 396 g/mol. The first-order valence-electron chi connectivity index (χ1n) is 9.21. The first-order chi connectivity index (χ1) is 13.8. The van der Waals surface area contributed by atoms with Gasteiger partial charge in [0.2, 0.25) is 0 Å². The monoisotopic (exact) mass is 420 g/mol. The molecule has 3 N–H and O–H groups in total. The van der Waals surface area contributed by atoms with Crippen molar-refractivity contribution in [1.82, 2.24) is 0 Å². The number of para-hydroxylation sites is 2. The molecule has 0 aliphatic heterocycles. The molecule has 1 amide bonds. The van der Waals surface area contributed by atoms with Crippen LogP contribution in [-0.2, 0) is 19.6 Å². The summed E-state index contributed by atoms with van der Waals surface area (Å²) in [4.78, 5) is 12.2. The second kappa shape index (κ2) is 8.71. The van der Waals surface area contributed by atoms with Crippen molar-refractivity contribution in [1.29, 1.82) is 0 Å². The highest BCUT2D eigenvalue weighted by Gasteiger charge is 2.25. The highest BCUT2D eigenvalue weighted by Crippen LogP contribution is 2.31. The van der Waals surface area contributed by atoms with Gasteiger partial charge in [-0.25, -0.2) is 8.42 Å². The summed E-state index contributed by atoms with van der Waals surface area (Å²) in [5, 5.41) is 12.6. The molecule has 1 aliphatic rings. The van der Waals surface area contributed by atoms with E-state index in [1.165, 1.54) is 25.3 Å². The number of benzene rings is 2. The van der Waals surface area contributed by atoms with Crippen LogP contribution in [0.25, 0.3) is 0 Å². The maximum atomic E-state index is 12.8. The van der Waals surface area contributed by atoms with Crippen LogP contribution < -0.4 is 14.8 Å². The number of sulfonamides is 1. The van der Waals surface area contributed by atoms with Gasteiger partial charge in [-0.2, -0.15) is 0 Å². The Morgan fingerprint density at radius 2 is 1.93 bits per heavy atom. The smallest absolute Gasteiger partial charge is 0.262 e. The fourth-order valence-corrected chi connectivity index (χ4v) is 3.69. The molecule has 2 aromatic rings. The number of aromatic hydroxyl groups is 1. The predicted molar refractivity (Wildman–Crippen MR) is 109 cm³/mol. The number of amides is 1. The molecule has 0 saturated heterocycles. The minimum atomic E-state index is -3.98. The quantitative estimate of drug-likeness (QED) is 0.538. The summed E-state index contributed by atoms with van der Waals surface area (Å²) in [7, 11) is -2.54. The van der Waals surface area contributed by atoms with Crippen molar-refractivity contribution in [3.05, 3.63) is 42.5 Å². The molecule has 1 atom stereocenters. The predicted octanol–water partition coefficient (Wildman–Crippen LogP) is 2.96. The number of phenols is 1. The summed E-state index contributed by atoms with van der Waals surface area (Å²) in [5.74, 6) is 0.162. The molecule has 0 spiro atoms. The zero-order valence-corrected chi connectivity index (χ0v) is 17.0. The standard InChI is InChI=1S/C20H24N2O6S/c1-13(28-12-14-7-8-14)20(24)21-17-11-15(9-10-18(17)23)29(25,26)22-16-5-3-4-6-19(16)27-2/h3-6,9-11,13-14,22-23H,7-8,12H2,1-2H3,(H,21,24). The summed E-state index contributed by atoms with van der Waals surface area (Å²) in [6, 6.07) is 10.2. The minimum Gasteiger partial charge on any atom is -0.506 e. The van der Waals surface area contributed by atoms with Crippen molar-refractivity contribution >= 4 is 27.3 Å². The summed E-state index contributed by atoms with van der Waals surface area (Å²) in [6.45, 7) is 2.12. The lowest BCUT2D eigenvalue weighted by atomic mass is 10.2. The van der Waals surface area contributed by atoms with Crippen LogP contribution in [0.15, 0.2) is 47.4 Å². The Bertz CT molecular complexity index is 988. The van der Waals surface area contributed by atoms with E-state index in [0.717, 1.165) is 12.8 Å². The molecule has 1 fully saturated rings. The Kier molecular flexibility index (Phi) is 6.29. The minimum absolute atomic E-state index is 0.0141. The number of rotatable bonds is 9. The zero-order chi connectivity index (χ0) is 21.0. The van der Waals surface area contributed by atoms with Gasteiger partial charge in [0.25, 0.3) is 15.9 Å². The lowest BCUT2D eigenvalue weighted by Crippen LogP contribution is -2.28. The molecule has 0 bridgehead atoms. The van der Waals surface area contributed by atoms with Crippen LogP contribution in [0, 0.1) is 5.92 Å². The van der Waals surface area contributed by atoms with Gasteiger partial charge in [-0.3, -0.25) is 9.52 Å². The zero-order valence-electron chi connectivity index (χ0n) is 16.2. The molecule has 29 heavy (non-hydrogen) atoms. The molecule has 3 rings (SSSR count). The molecule has 1 saturated carbocycles. The van der Waals surface area contributed by atoms with Gasteiger partial charge in [-0.15, -0.1) is 0 Å². The number of methoxy groups -OCH3 is 1. The SMILES string of the molecule is COc1ccccc1NS(=O)(=O)c1ccc(O)c(NC(=O)C(C)OCC2CC2)c1. The van der Waals surface area contributed by atoms with E-state index in [1.54, 1.807) is 31.2 Å². The highest BCUT2D eigenvalue weighted by atomic mass is 32.2. The van der Waals surface area contributed by atoms with E-state index in [9.17, 15) is 18.3 Å². The average molecular weight is 420 g/mol. The van der Waals surface area contributed by atoms with Crippen LogP contribution in [0.2, 0.25) is 0 Å². The van der Waals surface area contributed by atoms with Gasteiger partial charge in [-0.1, -0.05) is 12.1 Å². The third kappa shape index (κ3) is 5.39. The Labute approximate surface area is 169 Å². The fraction of sp³-hybridized carbons (Fsp3) is 0.350. The normalized spacial score (nSPS) is 14.8. The summed E-state index contributed by atoms with van der Waals surface area (Å²) < 4.78 is 38.6. The Hall–Kier alpha value is -2.78. The summed E-state index contributed by atoms with van der Waals surface area (Å²) in [6.07, 6.45) is 1.49. The van der Waals surface area contributed by atoms with Gasteiger partial charge in [0.05, 0.1) is 30.0 Å². The number of anilines is 2. The maximum Gasteiger partial charge on any atom is 0.262 e. The highest BCUT2D eigenvalue weighted by molar-refractivity contribution is 7.92. The van der Waals surface area contributed by atoms with E-state index in [0.29, 0.717) is 18.3 Å². The van der Waals surface area contributed by atoms with Crippen LogP contribution >= 0.6 is 0 Å². The molecule has 0 aromatic heterocycles. The number of carbonyl (C=O) groups excluding carboxylic acids is 1. The van der Waals surface area contributed by atoms with Gasteiger partial charge in [0, 0.05) is 0 Å². The molecular formula is C20H24N2O6S. The van der Waals surface area contributed by atoms with Crippen molar-refractivity contribution in [2.75, 3.05) is 23.8 Å². The first-order valence-corrected chi connectivity index (χ1v) is 10.7. The second-order valence-corrected chi connectivity index (χ2v) is 8.58. The summed E-state index contributed by atoms with van der Waals surface area (Å²) >= 11 is 0. The topological polar surface area (TPSA) is 114 Å². The maximum absolute atomic E-state index is 12.8. The van der Waals surface area contributed by atoms with Gasteiger partial charge in [0.1, 0.15) is 17.6 Å². The van der Waals surface area contributed by atoms with Crippen molar-refractivity contribution in [2.24, 2.45) is 5.92 Å². The number of hydrogen-bond acceptors (Lipinski definition) is 6. The van der Waals surface area contributed by atoms with Crippen LogP contribution in [-0.4, -0.2) is 39.3 Å². The number of ether oxygens (including phenoxy) is 2. The fourth-order valence-electron chi connectivity index (χ4n) is 2.59. The van der Waals surface area contributed by atoms with Gasteiger partial charge in [-0.05, 0) is 56.0 Å². The van der Waals surface area contributed by atoms with E-state index in [4.69, 9.17) is 9.47 Å². The molecule has 1 unspecified atom stereocenters. The number of hydrogen-bond donors (Lipinski definition) is 3. The van der Waals surface area contributed by atoms with Crippen LogP contribution in [0.3, 0.4) is 0 Å². The van der Waals surface area contributed by atoms with Gasteiger partial charge in [0.15, 0.2) is 0 Å². The Morgan fingerprint density at radius 1 is 1.21 bits per heavy atom. The van der Waals surface area contributed by atoms with Crippen LogP contribution in [0.1, 0.15) is 19.8 Å². The lowest BCUT2D eigenvalue weighted by Gasteiger charge is -2.15. The van der Waals surface area contributed by atoms with Gasteiger partial charge >= 0.3 is 0 Å². The largest absolute Gasteiger partial charge is 0.506 e. The van der Waals surface area contributed by atoms with Crippen LogP contribution in [0.4, 0.5) is 11.4 Å². The Balaban J connectivity index is 1.75. The third-order valence-corrected chi connectivity index (χ3v) is 5.90. The molecule has 8 nitrogen and oxygen atoms in total. The molecule has 2 aromatic carbocycles. The lowest BCUT2D eigenvalue weighted by molar-refractivity contribution is -0.126. The number of phenolic OH excluding ortho intramolecular Hbond substituents is 1. The number of carbonyl (C=O) groups is 1. The van der Waals surface area contributed by atoms with E-state index in [1.807, 2.05) is 0 Å². The molecule has 0 heterocycles. The van der Waals surface area contributed by atoms with Crippen molar-refractivity contribution < 1.29 is 27.8 Å². The first kappa shape index (κ1) is 20.9. The molecule has 0 radical (unpaired) electrons. The van der Waals surface area contributed by atoms with E-state index in [-0.39, 0.29) is 22.0 Å². The summed E-state index contributed by atoms with van der Waals surface area (Å²) in [5.41, 5.74) is 0.260. The molecule has 1 aliphatic carbocycles. The van der Waals surface area contributed by atoms with E-state index in [2.05, 4.69) is 10.0 Å².